The molecule has 1 amide bonds. The topological polar surface area (TPSA) is 32.3 Å². The van der Waals surface area contributed by atoms with E-state index < -0.39 is 0 Å². The number of rotatable bonds is 4. The van der Waals surface area contributed by atoms with E-state index in [2.05, 4.69) is 67.4 Å². The van der Waals surface area contributed by atoms with Crippen LogP contribution >= 0.6 is 0 Å². The van der Waals surface area contributed by atoms with Crippen LogP contribution in [0.3, 0.4) is 0 Å². The molecule has 0 aliphatic carbocycles. The smallest absolute Gasteiger partial charge is 0.228 e. The van der Waals surface area contributed by atoms with Gasteiger partial charge in [0.05, 0.1) is 5.92 Å². The number of nitrogens with zero attached hydrogens (tertiary/aromatic N) is 1. The van der Waals surface area contributed by atoms with E-state index in [4.69, 9.17) is 0 Å². The summed E-state index contributed by atoms with van der Waals surface area (Å²) in [6, 6.07) is 14.8. The first-order valence-electron chi connectivity index (χ1n) is 9.18. The second-order valence-corrected chi connectivity index (χ2v) is 7.32. The third kappa shape index (κ3) is 4.49. The summed E-state index contributed by atoms with van der Waals surface area (Å²) in [6.07, 6.45) is 2.05. The minimum atomic E-state index is 0.0672. The first-order valence-corrected chi connectivity index (χ1v) is 9.18. The van der Waals surface area contributed by atoms with Gasteiger partial charge in [0.25, 0.3) is 0 Å². The van der Waals surface area contributed by atoms with Crippen LogP contribution in [0.15, 0.2) is 42.5 Å². The van der Waals surface area contributed by atoms with Crippen molar-refractivity contribution in [3.8, 4) is 0 Å². The van der Waals surface area contributed by atoms with Crippen LogP contribution in [0.5, 0.6) is 0 Å². The Labute approximate surface area is 151 Å². The predicted molar refractivity (Wildman–Crippen MR) is 104 cm³/mol. The van der Waals surface area contributed by atoms with E-state index in [0.717, 1.165) is 49.3 Å². The van der Waals surface area contributed by atoms with E-state index in [9.17, 15) is 4.79 Å². The molecule has 0 unspecified atom stereocenters. The van der Waals surface area contributed by atoms with Crippen molar-refractivity contribution in [2.45, 2.75) is 40.2 Å². The summed E-state index contributed by atoms with van der Waals surface area (Å²) < 4.78 is 0. The highest BCUT2D eigenvalue weighted by atomic mass is 16.1. The Morgan fingerprint density at radius 2 is 1.80 bits per heavy atom. The van der Waals surface area contributed by atoms with Crippen LogP contribution in [0, 0.1) is 26.7 Å². The number of carbonyl (C=O) groups is 1. The van der Waals surface area contributed by atoms with Crippen molar-refractivity contribution in [1.82, 2.24) is 4.90 Å². The SMILES string of the molecule is Cc1cc(C)c(NC(=O)[C@@H]2CCCN(Cc3ccccc3)C2)c(C)c1. The standard InChI is InChI=1S/C22H28N2O/c1-16-12-17(2)21(18(3)13-16)23-22(25)20-10-7-11-24(15-20)14-19-8-5-4-6-9-19/h4-6,8-9,12-13,20H,7,10-11,14-15H2,1-3H3,(H,23,25)/t20-/m1/s1. The number of carbonyl (C=O) groups excluding carboxylic acids is 1. The van der Waals surface area contributed by atoms with E-state index in [0.29, 0.717) is 0 Å². The largest absolute Gasteiger partial charge is 0.325 e. The van der Waals surface area contributed by atoms with Gasteiger partial charge >= 0.3 is 0 Å². The lowest BCUT2D eigenvalue weighted by molar-refractivity contribution is -0.121. The minimum absolute atomic E-state index is 0.0672. The number of benzene rings is 2. The third-order valence-corrected chi connectivity index (χ3v) is 5.05. The molecule has 0 bridgehead atoms. The Kier molecular flexibility index (Phi) is 5.54. The molecule has 1 N–H and O–H groups in total. The molecule has 0 radical (unpaired) electrons. The van der Waals surface area contributed by atoms with Gasteiger partial charge in [-0.2, -0.15) is 0 Å². The molecule has 132 valence electrons. The van der Waals surface area contributed by atoms with Crippen LogP contribution in [0.25, 0.3) is 0 Å². The number of hydrogen-bond donors (Lipinski definition) is 1. The Morgan fingerprint density at radius 3 is 2.48 bits per heavy atom. The Morgan fingerprint density at radius 1 is 1.12 bits per heavy atom. The maximum absolute atomic E-state index is 12.8. The van der Waals surface area contributed by atoms with Gasteiger partial charge in [-0.05, 0) is 56.8 Å². The Hall–Kier alpha value is -2.13. The van der Waals surface area contributed by atoms with Crippen LogP contribution in [-0.2, 0) is 11.3 Å². The normalized spacial score (nSPS) is 18.1. The lowest BCUT2D eigenvalue weighted by Crippen LogP contribution is -2.40. The molecule has 0 aromatic heterocycles. The van der Waals surface area contributed by atoms with Gasteiger partial charge in [0, 0.05) is 18.8 Å². The molecule has 25 heavy (non-hydrogen) atoms. The average molecular weight is 336 g/mol. The summed E-state index contributed by atoms with van der Waals surface area (Å²) in [7, 11) is 0. The van der Waals surface area contributed by atoms with Gasteiger partial charge in [-0.25, -0.2) is 0 Å². The summed E-state index contributed by atoms with van der Waals surface area (Å²) in [4.78, 5) is 15.2. The summed E-state index contributed by atoms with van der Waals surface area (Å²) in [6.45, 7) is 9.06. The number of piperidine rings is 1. The number of hydrogen-bond acceptors (Lipinski definition) is 2. The number of anilines is 1. The highest BCUT2D eigenvalue weighted by Crippen LogP contribution is 2.25. The molecular formula is C22H28N2O. The van der Waals surface area contributed by atoms with Crippen LogP contribution in [0.4, 0.5) is 5.69 Å². The molecule has 1 saturated heterocycles. The molecule has 3 heteroatoms. The highest BCUT2D eigenvalue weighted by molar-refractivity contribution is 5.94. The molecule has 1 aliphatic rings. The van der Waals surface area contributed by atoms with Crippen LogP contribution in [0.1, 0.15) is 35.1 Å². The molecule has 1 fully saturated rings. The molecule has 0 saturated carbocycles. The van der Waals surface area contributed by atoms with Crippen molar-refractivity contribution in [2.24, 2.45) is 5.92 Å². The van der Waals surface area contributed by atoms with Gasteiger partial charge < -0.3 is 5.32 Å². The second-order valence-electron chi connectivity index (χ2n) is 7.32. The van der Waals surface area contributed by atoms with Crippen molar-refractivity contribution in [2.75, 3.05) is 18.4 Å². The van der Waals surface area contributed by atoms with Crippen LogP contribution < -0.4 is 5.32 Å². The van der Waals surface area contributed by atoms with E-state index in [-0.39, 0.29) is 11.8 Å². The van der Waals surface area contributed by atoms with E-state index in [1.54, 1.807) is 0 Å². The first kappa shape index (κ1) is 17.7. The number of likely N-dealkylation sites (tertiary alicyclic amines) is 1. The lowest BCUT2D eigenvalue weighted by Gasteiger charge is -2.32. The minimum Gasteiger partial charge on any atom is -0.325 e. The fraction of sp³-hybridized carbons (Fsp3) is 0.409. The fourth-order valence-corrected chi connectivity index (χ4v) is 3.86. The molecule has 2 aromatic rings. The number of nitrogens with one attached hydrogen (secondary N) is 1. The van der Waals surface area contributed by atoms with Gasteiger partial charge in [0.15, 0.2) is 0 Å². The van der Waals surface area contributed by atoms with Crippen molar-refractivity contribution in [1.29, 1.82) is 0 Å². The highest BCUT2D eigenvalue weighted by Gasteiger charge is 2.26. The van der Waals surface area contributed by atoms with E-state index in [1.807, 2.05) is 6.07 Å². The quantitative estimate of drug-likeness (QED) is 0.894. The first-order chi connectivity index (χ1) is 12.0. The monoisotopic (exact) mass is 336 g/mol. The fourth-order valence-electron chi connectivity index (χ4n) is 3.86. The zero-order valence-corrected chi connectivity index (χ0v) is 15.5. The Balaban J connectivity index is 1.64. The summed E-state index contributed by atoms with van der Waals surface area (Å²) in [5.74, 6) is 0.227. The zero-order chi connectivity index (χ0) is 17.8. The number of aryl methyl sites for hydroxylation is 3. The maximum Gasteiger partial charge on any atom is 0.228 e. The van der Waals surface area contributed by atoms with Gasteiger partial charge in [0.1, 0.15) is 0 Å². The summed E-state index contributed by atoms with van der Waals surface area (Å²) >= 11 is 0. The van der Waals surface area contributed by atoms with Gasteiger partial charge in [0.2, 0.25) is 5.91 Å². The maximum atomic E-state index is 12.8. The van der Waals surface area contributed by atoms with Gasteiger partial charge in [-0.3, -0.25) is 9.69 Å². The molecule has 2 aromatic carbocycles. The molecule has 1 atom stereocenters. The number of amides is 1. The molecule has 3 nitrogen and oxygen atoms in total. The van der Waals surface area contributed by atoms with Crippen molar-refractivity contribution in [3.63, 3.8) is 0 Å². The van der Waals surface area contributed by atoms with Crippen molar-refractivity contribution >= 4 is 11.6 Å². The van der Waals surface area contributed by atoms with Crippen LogP contribution in [-0.4, -0.2) is 23.9 Å². The molecule has 1 heterocycles. The third-order valence-electron chi connectivity index (χ3n) is 5.05. The molecule has 1 aliphatic heterocycles. The van der Waals surface area contributed by atoms with Crippen LogP contribution in [0.2, 0.25) is 0 Å². The van der Waals surface area contributed by atoms with Gasteiger partial charge in [-0.15, -0.1) is 0 Å². The predicted octanol–water partition coefficient (Wildman–Crippen LogP) is 4.46. The zero-order valence-electron chi connectivity index (χ0n) is 15.5. The van der Waals surface area contributed by atoms with Crippen molar-refractivity contribution < 1.29 is 4.79 Å². The van der Waals surface area contributed by atoms with Gasteiger partial charge in [-0.1, -0.05) is 48.0 Å². The summed E-state index contributed by atoms with van der Waals surface area (Å²) in [5.41, 5.74) is 5.81. The summed E-state index contributed by atoms with van der Waals surface area (Å²) in [5, 5.41) is 3.19. The molecule has 3 rings (SSSR count). The second kappa shape index (κ2) is 7.83. The van der Waals surface area contributed by atoms with Crippen molar-refractivity contribution in [3.05, 3.63) is 64.7 Å². The molecular weight excluding hydrogens is 308 g/mol. The average Bonchev–Trinajstić information content (AvgIpc) is 2.59. The lowest BCUT2D eigenvalue weighted by atomic mass is 9.96. The Bertz CT molecular complexity index is 716. The van der Waals surface area contributed by atoms with E-state index >= 15 is 0 Å². The molecule has 0 spiro atoms. The van der Waals surface area contributed by atoms with E-state index in [1.165, 1.54) is 11.1 Å².